The van der Waals surface area contributed by atoms with Gasteiger partial charge in [0.25, 0.3) is 0 Å². The average Bonchev–Trinajstić information content (AvgIpc) is 2.68. The van der Waals surface area contributed by atoms with E-state index in [1.54, 1.807) is 0 Å². The summed E-state index contributed by atoms with van der Waals surface area (Å²) in [6.07, 6.45) is 1.94. The third-order valence-corrected chi connectivity index (χ3v) is 5.72. The Morgan fingerprint density at radius 2 is 1.88 bits per heavy atom. The van der Waals surface area contributed by atoms with Crippen molar-refractivity contribution in [2.24, 2.45) is 5.92 Å². The third kappa shape index (κ3) is 2.44. The van der Waals surface area contributed by atoms with Crippen LogP contribution in [0, 0.1) is 5.92 Å². The molecule has 1 N–H and O–H groups in total. The van der Waals surface area contributed by atoms with E-state index in [2.05, 4.69) is 5.32 Å². The Morgan fingerprint density at radius 3 is 2.73 bits per heavy atom. The van der Waals surface area contributed by atoms with Gasteiger partial charge in [0.05, 0.1) is 12.1 Å². The molecule has 0 saturated carbocycles. The normalized spacial score (nSPS) is 24.6. The van der Waals surface area contributed by atoms with Gasteiger partial charge in [-0.25, -0.2) is 4.79 Å². The van der Waals surface area contributed by atoms with Crippen LogP contribution in [0.4, 0.5) is 5.69 Å². The molecule has 1 fully saturated rings. The molecule has 132 valence electrons. The zero-order chi connectivity index (χ0) is 17.7. The lowest BCUT2D eigenvalue weighted by Gasteiger charge is -2.43. The standard InChI is InChI=1S/C21H18ClNO3/c22-13-9-7-12(8-10-13)18-15-5-3-11-25-20(15)17-14-4-1-2-6-16(14)26-21(24)19(17)23-18/h1-2,4,6-10,15,18,20,23H,3,5,11H2/t15-,18-,20-/m1/s1. The predicted octanol–water partition coefficient (Wildman–Crippen LogP) is 5.08. The molecule has 0 spiro atoms. The van der Waals surface area contributed by atoms with Crippen LogP contribution in [0.3, 0.4) is 0 Å². The summed E-state index contributed by atoms with van der Waals surface area (Å²) in [5.74, 6) is 0.252. The zero-order valence-corrected chi connectivity index (χ0v) is 14.8. The predicted molar refractivity (Wildman–Crippen MR) is 102 cm³/mol. The number of ether oxygens (including phenoxy) is 1. The highest BCUT2D eigenvalue weighted by Gasteiger charge is 2.42. The SMILES string of the molecule is O=c1oc2ccccc2c2c1N[C@H](c1ccc(Cl)cc1)[C@H]1CCCO[C@@H]21. The van der Waals surface area contributed by atoms with Gasteiger partial charge in [-0.15, -0.1) is 0 Å². The second-order valence-electron chi connectivity index (χ2n) is 6.95. The number of hydrogen-bond acceptors (Lipinski definition) is 4. The van der Waals surface area contributed by atoms with Crippen LogP contribution in [-0.2, 0) is 4.74 Å². The Morgan fingerprint density at radius 1 is 1.08 bits per heavy atom. The molecule has 5 rings (SSSR count). The van der Waals surface area contributed by atoms with E-state index in [4.69, 9.17) is 20.8 Å². The Kier molecular flexibility index (Phi) is 3.76. The van der Waals surface area contributed by atoms with E-state index in [-0.39, 0.29) is 23.7 Å². The fourth-order valence-corrected chi connectivity index (χ4v) is 4.44. The number of nitrogens with one attached hydrogen (secondary N) is 1. The summed E-state index contributed by atoms with van der Waals surface area (Å²) in [5.41, 5.74) is 2.83. The molecule has 3 atom stereocenters. The summed E-state index contributed by atoms with van der Waals surface area (Å²) >= 11 is 6.05. The van der Waals surface area contributed by atoms with Crippen molar-refractivity contribution in [3.8, 4) is 0 Å². The van der Waals surface area contributed by atoms with Gasteiger partial charge < -0.3 is 14.5 Å². The van der Waals surface area contributed by atoms with E-state index in [9.17, 15) is 4.79 Å². The number of benzene rings is 2. The number of rotatable bonds is 1. The van der Waals surface area contributed by atoms with Gasteiger partial charge in [0.2, 0.25) is 0 Å². The lowest BCUT2D eigenvalue weighted by molar-refractivity contribution is -0.0375. The minimum Gasteiger partial charge on any atom is -0.421 e. The van der Waals surface area contributed by atoms with E-state index in [1.165, 1.54) is 0 Å². The Bertz CT molecular complexity index is 1030. The van der Waals surface area contributed by atoms with Crippen LogP contribution >= 0.6 is 11.6 Å². The highest BCUT2D eigenvalue weighted by molar-refractivity contribution is 6.30. The molecule has 1 aromatic heterocycles. The van der Waals surface area contributed by atoms with Gasteiger partial charge in [-0.2, -0.15) is 0 Å². The molecular weight excluding hydrogens is 350 g/mol. The Balaban J connectivity index is 1.72. The van der Waals surface area contributed by atoms with Crippen LogP contribution in [0.1, 0.15) is 36.1 Å². The fraction of sp³-hybridized carbons (Fsp3) is 0.286. The first-order valence-corrected chi connectivity index (χ1v) is 9.29. The summed E-state index contributed by atoms with van der Waals surface area (Å²) < 4.78 is 11.7. The molecule has 1 saturated heterocycles. The van der Waals surface area contributed by atoms with Crippen LogP contribution in [0.5, 0.6) is 0 Å². The maximum atomic E-state index is 12.7. The van der Waals surface area contributed by atoms with E-state index in [1.807, 2.05) is 48.5 Å². The van der Waals surface area contributed by atoms with Gasteiger partial charge in [-0.1, -0.05) is 41.9 Å². The molecule has 0 unspecified atom stereocenters. The van der Waals surface area contributed by atoms with Gasteiger partial charge in [0.1, 0.15) is 11.3 Å². The van der Waals surface area contributed by atoms with Gasteiger partial charge in [0, 0.05) is 28.5 Å². The lowest BCUT2D eigenvalue weighted by atomic mass is 9.77. The van der Waals surface area contributed by atoms with Crippen LogP contribution in [-0.4, -0.2) is 6.61 Å². The summed E-state index contributed by atoms with van der Waals surface area (Å²) in [5, 5.41) is 5.11. The number of para-hydroxylation sites is 1. The van der Waals surface area contributed by atoms with Crippen molar-refractivity contribution in [3.63, 3.8) is 0 Å². The van der Waals surface area contributed by atoms with E-state index >= 15 is 0 Å². The van der Waals surface area contributed by atoms with Gasteiger partial charge in [0.15, 0.2) is 0 Å². The average molecular weight is 368 g/mol. The minimum atomic E-state index is -0.342. The van der Waals surface area contributed by atoms with Crippen molar-refractivity contribution in [1.29, 1.82) is 0 Å². The molecule has 0 aliphatic carbocycles. The van der Waals surface area contributed by atoms with Crippen molar-refractivity contribution in [2.45, 2.75) is 25.0 Å². The first-order chi connectivity index (χ1) is 12.7. The number of halogens is 1. The summed E-state index contributed by atoms with van der Waals surface area (Å²) in [7, 11) is 0. The van der Waals surface area contributed by atoms with Crippen molar-refractivity contribution in [2.75, 3.05) is 11.9 Å². The van der Waals surface area contributed by atoms with Gasteiger partial charge in [-0.05, 0) is 36.6 Å². The third-order valence-electron chi connectivity index (χ3n) is 5.46. The minimum absolute atomic E-state index is 0.00544. The fourth-order valence-electron chi connectivity index (χ4n) is 4.31. The van der Waals surface area contributed by atoms with Crippen LogP contribution < -0.4 is 10.9 Å². The smallest absolute Gasteiger partial charge is 0.360 e. The molecule has 3 heterocycles. The van der Waals surface area contributed by atoms with E-state index in [0.717, 1.165) is 29.4 Å². The molecule has 0 amide bonds. The molecule has 3 aromatic rings. The quantitative estimate of drug-likeness (QED) is 0.609. The number of fused-ring (bicyclic) bond motifs is 5. The number of anilines is 1. The first kappa shape index (κ1) is 15.9. The van der Waals surface area contributed by atoms with Crippen molar-refractivity contribution in [3.05, 3.63) is 75.1 Å². The highest BCUT2D eigenvalue weighted by atomic mass is 35.5. The van der Waals surface area contributed by atoms with Crippen LogP contribution in [0.25, 0.3) is 11.0 Å². The van der Waals surface area contributed by atoms with Crippen molar-refractivity contribution >= 4 is 28.3 Å². The lowest BCUT2D eigenvalue weighted by Crippen LogP contribution is -2.38. The molecule has 5 heteroatoms. The molecule has 26 heavy (non-hydrogen) atoms. The second kappa shape index (κ2) is 6.15. The highest BCUT2D eigenvalue weighted by Crippen LogP contribution is 2.50. The monoisotopic (exact) mass is 367 g/mol. The van der Waals surface area contributed by atoms with Crippen LogP contribution in [0.15, 0.2) is 57.7 Å². The molecule has 2 aliphatic heterocycles. The van der Waals surface area contributed by atoms with Crippen molar-refractivity contribution < 1.29 is 9.15 Å². The summed E-state index contributed by atoms with van der Waals surface area (Å²) in [6, 6.07) is 15.5. The zero-order valence-electron chi connectivity index (χ0n) is 14.1. The van der Waals surface area contributed by atoms with E-state index < -0.39 is 0 Å². The molecule has 0 bridgehead atoms. The Hall–Kier alpha value is -2.30. The van der Waals surface area contributed by atoms with Gasteiger partial charge >= 0.3 is 5.63 Å². The second-order valence-corrected chi connectivity index (χ2v) is 7.38. The molecule has 2 aliphatic rings. The molecular formula is C21H18ClNO3. The van der Waals surface area contributed by atoms with E-state index in [0.29, 0.717) is 22.9 Å². The topological polar surface area (TPSA) is 51.5 Å². The molecule has 0 radical (unpaired) electrons. The van der Waals surface area contributed by atoms with Gasteiger partial charge in [-0.3, -0.25) is 0 Å². The van der Waals surface area contributed by atoms with Crippen molar-refractivity contribution in [1.82, 2.24) is 0 Å². The molecule has 4 nitrogen and oxygen atoms in total. The molecule has 2 aromatic carbocycles. The Labute approximate surface area is 155 Å². The first-order valence-electron chi connectivity index (χ1n) is 8.92. The summed E-state index contributed by atoms with van der Waals surface area (Å²) in [6.45, 7) is 0.711. The largest absolute Gasteiger partial charge is 0.421 e. The maximum Gasteiger partial charge on any atom is 0.360 e. The summed E-state index contributed by atoms with van der Waals surface area (Å²) in [4.78, 5) is 12.7. The van der Waals surface area contributed by atoms with Crippen LogP contribution in [0.2, 0.25) is 5.02 Å². The maximum absolute atomic E-state index is 12.7. The number of hydrogen-bond donors (Lipinski definition) is 1.